The van der Waals surface area contributed by atoms with Crippen molar-refractivity contribution in [3.8, 4) is 0 Å². The Balaban J connectivity index is 0.000000288. The number of nitrogens with two attached hydrogens (primary N) is 1. The molecule has 0 bridgehead atoms. The maximum Gasteiger partial charge on any atom is 0.335 e. The zero-order chi connectivity index (χ0) is 11.7. The van der Waals surface area contributed by atoms with Gasteiger partial charge in [-0.15, -0.1) is 0 Å². The van der Waals surface area contributed by atoms with Crippen LogP contribution in [-0.4, -0.2) is 28.7 Å². The molecule has 0 saturated heterocycles. The molecule has 15 heavy (non-hydrogen) atoms. The van der Waals surface area contributed by atoms with E-state index in [1.54, 1.807) is 30.3 Å². The van der Waals surface area contributed by atoms with Crippen LogP contribution in [0.2, 0.25) is 0 Å². The third-order valence-electron chi connectivity index (χ3n) is 1.38. The van der Waals surface area contributed by atoms with Crippen molar-refractivity contribution in [1.29, 1.82) is 0 Å². The van der Waals surface area contributed by atoms with Gasteiger partial charge in [0.2, 0.25) is 0 Å². The van der Waals surface area contributed by atoms with E-state index in [4.69, 9.17) is 15.9 Å². The van der Waals surface area contributed by atoms with Crippen molar-refractivity contribution >= 4 is 11.9 Å². The van der Waals surface area contributed by atoms with Gasteiger partial charge in [0.15, 0.2) is 0 Å². The second-order valence-electron chi connectivity index (χ2n) is 2.60. The molecule has 0 fully saturated rings. The molecule has 0 unspecified atom stereocenters. The second kappa shape index (κ2) is 7.52. The maximum absolute atomic E-state index is 10.2. The Labute approximate surface area is 87.1 Å². The summed E-state index contributed by atoms with van der Waals surface area (Å²) in [6.45, 7) is 0.231. The van der Waals surface area contributed by atoms with Gasteiger partial charge in [-0.2, -0.15) is 0 Å². The van der Waals surface area contributed by atoms with Crippen molar-refractivity contribution in [3.05, 3.63) is 35.9 Å². The number of aliphatic carboxylic acids is 1. The highest BCUT2D eigenvalue weighted by Crippen LogP contribution is 1.96. The molecule has 0 amide bonds. The van der Waals surface area contributed by atoms with Gasteiger partial charge in [-0.05, 0) is 12.1 Å². The molecule has 0 radical (unpaired) electrons. The monoisotopic (exact) mass is 211 g/mol. The first-order chi connectivity index (χ1) is 7.07. The number of carboxylic acid groups (broad SMARTS) is 2. The fraction of sp³-hybridized carbons (Fsp3) is 0.200. The van der Waals surface area contributed by atoms with Crippen LogP contribution in [0.4, 0.5) is 0 Å². The van der Waals surface area contributed by atoms with Crippen molar-refractivity contribution in [3.63, 3.8) is 0 Å². The standard InChI is InChI=1S/C7H6O2.C3H7NO2/c8-7(9)6-4-2-1-3-5-6;4-2-1-3(5)6/h1-5H,(H,8,9);1-2,4H2,(H,5,6). The average Bonchev–Trinajstić information content (AvgIpc) is 2.20. The molecular formula is C10H13NO4. The number of hydrogen-bond acceptors (Lipinski definition) is 3. The summed E-state index contributed by atoms with van der Waals surface area (Å²) in [6.07, 6.45) is 0.0694. The topological polar surface area (TPSA) is 101 Å². The van der Waals surface area contributed by atoms with Gasteiger partial charge in [0.1, 0.15) is 0 Å². The van der Waals surface area contributed by atoms with E-state index in [9.17, 15) is 9.59 Å². The summed E-state index contributed by atoms with van der Waals surface area (Å²) in [6, 6.07) is 8.30. The first-order valence-corrected chi connectivity index (χ1v) is 4.28. The molecule has 5 heteroatoms. The van der Waals surface area contributed by atoms with E-state index in [2.05, 4.69) is 0 Å². The van der Waals surface area contributed by atoms with E-state index in [1.165, 1.54) is 0 Å². The van der Waals surface area contributed by atoms with Gasteiger partial charge in [0.25, 0.3) is 0 Å². The van der Waals surface area contributed by atoms with Crippen LogP contribution < -0.4 is 5.73 Å². The molecule has 0 aliphatic carbocycles. The molecular weight excluding hydrogens is 198 g/mol. The summed E-state index contributed by atoms with van der Waals surface area (Å²) >= 11 is 0. The maximum atomic E-state index is 10.2. The van der Waals surface area contributed by atoms with Gasteiger partial charge in [-0.25, -0.2) is 4.79 Å². The van der Waals surface area contributed by atoms with Gasteiger partial charge in [-0.1, -0.05) is 18.2 Å². The Kier molecular flexibility index (Phi) is 6.57. The number of carbonyl (C=O) groups is 2. The Bertz CT molecular complexity index is 310. The van der Waals surface area contributed by atoms with E-state index in [0.29, 0.717) is 5.56 Å². The summed E-state index contributed by atoms with van der Waals surface area (Å²) in [5.74, 6) is -1.71. The number of rotatable bonds is 3. The molecule has 0 aromatic heterocycles. The zero-order valence-corrected chi connectivity index (χ0v) is 8.09. The van der Waals surface area contributed by atoms with Crippen molar-refractivity contribution < 1.29 is 19.8 Å². The summed E-state index contributed by atoms with van der Waals surface area (Å²) in [5, 5.41) is 16.2. The lowest BCUT2D eigenvalue weighted by Gasteiger charge is -1.88. The van der Waals surface area contributed by atoms with Crippen LogP contribution in [0.25, 0.3) is 0 Å². The van der Waals surface area contributed by atoms with E-state index < -0.39 is 11.9 Å². The van der Waals surface area contributed by atoms with Gasteiger partial charge < -0.3 is 15.9 Å². The molecule has 0 saturated carbocycles. The molecule has 0 aliphatic heterocycles. The van der Waals surface area contributed by atoms with E-state index >= 15 is 0 Å². The Morgan fingerprint density at radius 1 is 1.13 bits per heavy atom. The molecule has 0 aliphatic rings. The quantitative estimate of drug-likeness (QED) is 0.686. The third kappa shape index (κ3) is 7.21. The SMILES string of the molecule is NCCC(=O)O.O=C(O)c1ccccc1. The molecule has 1 aromatic carbocycles. The summed E-state index contributed by atoms with van der Waals surface area (Å²) in [4.78, 5) is 19.7. The predicted octanol–water partition coefficient (Wildman–Crippen LogP) is 0.805. The minimum absolute atomic E-state index is 0.0694. The van der Waals surface area contributed by atoms with Gasteiger partial charge in [-0.3, -0.25) is 4.79 Å². The van der Waals surface area contributed by atoms with Crippen LogP contribution in [0, 0.1) is 0 Å². The zero-order valence-electron chi connectivity index (χ0n) is 8.09. The second-order valence-corrected chi connectivity index (χ2v) is 2.60. The van der Waals surface area contributed by atoms with Crippen LogP contribution in [-0.2, 0) is 4.79 Å². The summed E-state index contributed by atoms with van der Waals surface area (Å²) < 4.78 is 0. The van der Waals surface area contributed by atoms with Crippen molar-refractivity contribution in [2.45, 2.75) is 6.42 Å². The molecule has 82 valence electrons. The van der Waals surface area contributed by atoms with Crippen molar-refractivity contribution in [2.75, 3.05) is 6.54 Å². The number of benzene rings is 1. The van der Waals surface area contributed by atoms with Crippen LogP contribution in [0.1, 0.15) is 16.8 Å². The fourth-order valence-electron chi connectivity index (χ4n) is 0.704. The predicted molar refractivity (Wildman–Crippen MR) is 54.7 cm³/mol. The first kappa shape index (κ1) is 13.1. The van der Waals surface area contributed by atoms with Gasteiger partial charge in [0, 0.05) is 6.54 Å². The minimum Gasteiger partial charge on any atom is -0.481 e. The lowest BCUT2D eigenvalue weighted by Crippen LogP contribution is -2.05. The molecule has 4 N–H and O–H groups in total. The number of hydrogen-bond donors (Lipinski definition) is 3. The normalized spacial score (nSPS) is 8.60. The van der Waals surface area contributed by atoms with E-state index in [0.717, 1.165) is 0 Å². The number of aromatic carboxylic acids is 1. The Hall–Kier alpha value is -1.88. The van der Waals surface area contributed by atoms with Gasteiger partial charge in [0.05, 0.1) is 12.0 Å². The highest BCUT2D eigenvalue weighted by atomic mass is 16.4. The van der Waals surface area contributed by atoms with Crippen LogP contribution in [0.15, 0.2) is 30.3 Å². The van der Waals surface area contributed by atoms with Gasteiger partial charge >= 0.3 is 11.9 Å². The Morgan fingerprint density at radius 2 is 1.67 bits per heavy atom. The fourth-order valence-corrected chi connectivity index (χ4v) is 0.704. The molecule has 0 spiro atoms. The van der Waals surface area contributed by atoms with E-state index in [1.807, 2.05) is 0 Å². The summed E-state index contributed by atoms with van der Waals surface area (Å²) in [7, 11) is 0. The molecule has 1 aromatic rings. The molecule has 5 nitrogen and oxygen atoms in total. The highest BCUT2D eigenvalue weighted by Gasteiger charge is 1.96. The van der Waals surface area contributed by atoms with Crippen LogP contribution >= 0.6 is 0 Å². The largest absolute Gasteiger partial charge is 0.481 e. The molecule has 0 heterocycles. The number of carboxylic acids is 2. The van der Waals surface area contributed by atoms with Crippen LogP contribution in [0.5, 0.6) is 0 Å². The lowest BCUT2D eigenvalue weighted by atomic mass is 10.2. The van der Waals surface area contributed by atoms with Crippen molar-refractivity contribution in [1.82, 2.24) is 0 Å². The van der Waals surface area contributed by atoms with Crippen LogP contribution in [0.3, 0.4) is 0 Å². The minimum atomic E-state index is -0.879. The molecule has 1 rings (SSSR count). The molecule has 0 atom stereocenters. The van der Waals surface area contributed by atoms with Crippen molar-refractivity contribution in [2.24, 2.45) is 5.73 Å². The summed E-state index contributed by atoms with van der Waals surface area (Å²) in [5.41, 5.74) is 5.18. The highest BCUT2D eigenvalue weighted by molar-refractivity contribution is 5.87. The Morgan fingerprint density at radius 3 is 1.87 bits per heavy atom. The lowest BCUT2D eigenvalue weighted by molar-refractivity contribution is -0.136. The smallest absolute Gasteiger partial charge is 0.335 e. The van der Waals surface area contributed by atoms with E-state index in [-0.39, 0.29) is 13.0 Å². The third-order valence-corrected chi connectivity index (χ3v) is 1.38. The first-order valence-electron chi connectivity index (χ1n) is 4.28. The average molecular weight is 211 g/mol.